The van der Waals surface area contributed by atoms with Gasteiger partial charge in [0, 0.05) is 20.5 Å². The van der Waals surface area contributed by atoms with E-state index in [1.165, 1.54) is 23.6 Å². The van der Waals surface area contributed by atoms with Gasteiger partial charge in [-0.05, 0) is 32.1 Å². The molecule has 6 nitrogen and oxygen atoms in total. The first-order chi connectivity index (χ1) is 10.2. The second-order valence-corrected chi connectivity index (χ2v) is 6.42. The molecule has 22 heavy (non-hydrogen) atoms. The molecule has 0 spiro atoms. The van der Waals surface area contributed by atoms with Gasteiger partial charge in [-0.25, -0.2) is 0 Å². The van der Waals surface area contributed by atoms with Crippen LogP contribution in [0.2, 0.25) is 0 Å². The lowest BCUT2D eigenvalue weighted by molar-refractivity contribution is -0.150. The van der Waals surface area contributed by atoms with Crippen molar-refractivity contribution >= 4 is 23.4 Å². The molecule has 0 bridgehead atoms. The minimum atomic E-state index is -0.629. The van der Waals surface area contributed by atoms with Crippen molar-refractivity contribution < 1.29 is 19.2 Å². The highest BCUT2D eigenvalue weighted by Crippen LogP contribution is 2.22. The van der Waals surface area contributed by atoms with Crippen molar-refractivity contribution in [2.75, 3.05) is 13.6 Å². The standard InChI is InChI=1S/C16H26N2O4/c1-10(2)9-14(11(3)19)17(5)16(22)13-7-6-8-18(13)15(21)12(4)20/h10,13-14H,6-9H2,1-5H3/t13-,14-/m0/s1. The number of nitrogens with zero attached hydrogens (tertiary/aromatic N) is 2. The summed E-state index contributed by atoms with van der Waals surface area (Å²) in [5.41, 5.74) is 0. The van der Waals surface area contributed by atoms with E-state index in [1.807, 2.05) is 13.8 Å². The topological polar surface area (TPSA) is 74.8 Å². The van der Waals surface area contributed by atoms with Crippen molar-refractivity contribution in [3.63, 3.8) is 0 Å². The molecule has 0 aromatic heterocycles. The molecule has 0 aliphatic carbocycles. The summed E-state index contributed by atoms with van der Waals surface area (Å²) < 4.78 is 0. The molecule has 6 heteroatoms. The second kappa shape index (κ2) is 7.51. The molecule has 2 amide bonds. The van der Waals surface area contributed by atoms with Gasteiger partial charge < -0.3 is 9.80 Å². The summed E-state index contributed by atoms with van der Waals surface area (Å²) in [6.45, 7) is 7.09. The number of hydrogen-bond acceptors (Lipinski definition) is 4. The van der Waals surface area contributed by atoms with Crippen LogP contribution in [0.15, 0.2) is 0 Å². The third-order valence-electron chi connectivity index (χ3n) is 4.08. The molecule has 0 saturated carbocycles. The van der Waals surface area contributed by atoms with E-state index in [0.29, 0.717) is 25.8 Å². The summed E-state index contributed by atoms with van der Waals surface area (Å²) in [4.78, 5) is 50.5. The summed E-state index contributed by atoms with van der Waals surface area (Å²) >= 11 is 0. The zero-order valence-corrected chi connectivity index (χ0v) is 14.1. The summed E-state index contributed by atoms with van der Waals surface area (Å²) in [5.74, 6) is -1.22. The second-order valence-electron chi connectivity index (χ2n) is 6.42. The van der Waals surface area contributed by atoms with E-state index in [-0.39, 0.29) is 17.6 Å². The van der Waals surface area contributed by atoms with E-state index < -0.39 is 23.8 Å². The molecule has 1 heterocycles. The molecule has 124 valence electrons. The van der Waals surface area contributed by atoms with Gasteiger partial charge in [0.15, 0.2) is 5.78 Å². The van der Waals surface area contributed by atoms with Gasteiger partial charge in [-0.2, -0.15) is 0 Å². The largest absolute Gasteiger partial charge is 0.334 e. The highest BCUT2D eigenvalue weighted by Gasteiger charge is 2.39. The Morgan fingerprint density at radius 3 is 2.23 bits per heavy atom. The molecule has 0 unspecified atom stereocenters. The first-order valence-corrected chi connectivity index (χ1v) is 7.75. The number of carbonyl (C=O) groups is 4. The summed E-state index contributed by atoms with van der Waals surface area (Å²) in [7, 11) is 1.60. The maximum absolute atomic E-state index is 12.7. The molecule has 1 rings (SSSR count). The third kappa shape index (κ3) is 4.15. The first kappa shape index (κ1) is 18.3. The molecule has 0 N–H and O–H groups in total. The Morgan fingerprint density at radius 2 is 1.77 bits per heavy atom. The van der Waals surface area contributed by atoms with Crippen LogP contribution in [0.3, 0.4) is 0 Å². The fraction of sp³-hybridized carbons (Fsp3) is 0.750. The molecule has 1 aliphatic rings. The quantitative estimate of drug-likeness (QED) is 0.687. The first-order valence-electron chi connectivity index (χ1n) is 7.75. The van der Waals surface area contributed by atoms with Crippen molar-refractivity contribution in [1.82, 2.24) is 9.80 Å². The van der Waals surface area contributed by atoms with E-state index in [0.717, 1.165) is 0 Å². The Bertz CT molecular complexity index is 473. The van der Waals surface area contributed by atoms with Crippen molar-refractivity contribution in [1.29, 1.82) is 0 Å². The number of Topliss-reactive ketones (excluding diaryl/α,β-unsaturated/α-hetero) is 2. The molecular weight excluding hydrogens is 284 g/mol. The number of amides is 2. The van der Waals surface area contributed by atoms with Crippen LogP contribution in [0, 0.1) is 5.92 Å². The van der Waals surface area contributed by atoms with Gasteiger partial charge in [-0.3, -0.25) is 19.2 Å². The average molecular weight is 310 g/mol. The van der Waals surface area contributed by atoms with Crippen LogP contribution in [-0.4, -0.2) is 58.9 Å². The van der Waals surface area contributed by atoms with E-state index >= 15 is 0 Å². The van der Waals surface area contributed by atoms with E-state index in [4.69, 9.17) is 0 Å². The lowest BCUT2D eigenvalue weighted by Gasteiger charge is -2.32. The Morgan fingerprint density at radius 1 is 1.18 bits per heavy atom. The van der Waals surface area contributed by atoms with Gasteiger partial charge in [0.05, 0.1) is 6.04 Å². The Balaban J connectivity index is 2.90. The maximum Gasteiger partial charge on any atom is 0.290 e. The van der Waals surface area contributed by atoms with Crippen LogP contribution >= 0.6 is 0 Å². The predicted octanol–water partition coefficient (Wildman–Crippen LogP) is 1.03. The van der Waals surface area contributed by atoms with Crippen molar-refractivity contribution in [3.05, 3.63) is 0 Å². The van der Waals surface area contributed by atoms with Gasteiger partial charge in [-0.1, -0.05) is 13.8 Å². The number of carbonyl (C=O) groups excluding carboxylic acids is 4. The fourth-order valence-corrected chi connectivity index (χ4v) is 2.90. The van der Waals surface area contributed by atoms with Crippen LogP contribution in [0.5, 0.6) is 0 Å². The molecule has 2 atom stereocenters. The van der Waals surface area contributed by atoms with Crippen molar-refractivity contribution in [2.24, 2.45) is 5.92 Å². The smallest absolute Gasteiger partial charge is 0.290 e. The average Bonchev–Trinajstić information content (AvgIpc) is 2.90. The lowest BCUT2D eigenvalue weighted by atomic mass is 9.99. The Labute approximate surface area is 131 Å². The van der Waals surface area contributed by atoms with Gasteiger partial charge in [0.1, 0.15) is 6.04 Å². The molecule has 1 saturated heterocycles. The van der Waals surface area contributed by atoms with Gasteiger partial charge in [-0.15, -0.1) is 0 Å². The SMILES string of the molecule is CC(=O)C(=O)N1CCC[C@H]1C(=O)N(C)[C@@H](CC(C)C)C(C)=O. The Kier molecular flexibility index (Phi) is 6.26. The van der Waals surface area contributed by atoms with Crippen molar-refractivity contribution in [3.8, 4) is 0 Å². The van der Waals surface area contributed by atoms with Crippen LogP contribution in [0.25, 0.3) is 0 Å². The molecule has 1 fully saturated rings. The van der Waals surface area contributed by atoms with Crippen molar-refractivity contribution in [2.45, 2.75) is 59.0 Å². The van der Waals surface area contributed by atoms with Crippen LogP contribution < -0.4 is 0 Å². The lowest BCUT2D eigenvalue weighted by Crippen LogP contribution is -2.52. The highest BCUT2D eigenvalue weighted by molar-refractivity contribution is 6.35. The Hall–Kier alpha value is -1.72. The monoisotopic (exact) mass is 310 g/mol. The molecular formula is C16H26N2O4. The normalized spacial score (nSPS) is 19.2. The summed E-state index contributed by atoms with van der Waals surface area (Å²) in [6.07, 6.45) is 1.82. The predicted molar refractivity (Wildman–Crippen MR) is 82.1 cm³/mol. The zero-order valence-electron chi connectivity index (χ0n) is 14.1. The number of likely N-dealkylation sites (N-methyl/N-ethyl adjacent to an activating group) is 1. The zero-order chi connectivity index (χ0) is 17.0. The van der Waals surface area contributed by atoms with E-state index in [1.54, 1.807) is 7.05 Å². The van der Waals surface area contributed by atoms with Gasteiger partial charge in [0.2, 0.25) is 11.7 Å². The molecule has 0 aromatic carbocycles. The summed E-state index contributed by atoms with van der Waals surface area (Å²) in [5, 5.41) is 0. The van der Waals surface area contributed by atoms with Gasteiger partial charge in [0.25, 0.3) is 5.91 Å². The van der Waals surface area contributed by atoms with Gasteiger partial charge >= 0.3 is 0 Å². The number of rotatable bonds is 6. The van der Waals surface area contributed by atoms with E-state index in [9.17, 15) is 19.2 Å². The third-order valence-corrected chi connectivity index (χ3v) is 4.08. The molecule has 0 radical (unpaired) electrons. The number of ketones is 2. The maximum atomic E-state index is 12.7. The number of likely N-dealkylation sites (tertiary alicyclic amines) is 1. The summed E-state index contributed by atoms with van der Waals surface area (Å²) in [6, 6.07) is -1.11. The number of hydrogen-bond donors (Lipinski definition) is 0. The minimum absolute atomic E-state index is 0.0630. The molecule has 0 aromatic rings. The van der Waals surface area contributed by atoms with E-state index in [2.05, 4.69) is 0 Å². The van der Waals surface area contributed by atoms with Crippen LogP contribution in [0.4, 0.5) is 0 Å². The fourth-order valence-electron chi connectivity index (χ4n) is 2.90. The highest BCUT2D eigenvalue weighted by atomic mass is 16.2. The minimum Gasteiger partial charge on any atom is -0.334 e. The molecule has 1 aliphatic heterocycles. The van der Waals surface area contributed by atoms with Crippen LogP contribution in [-0.2, 0) is 19.2 Å². The van der Waals surface area contributed by atoms with Crippen LogP contribution in [0.1, 0.15) is 47.0 Å².